The van der Waals surface area contributed by atoms with Crippen molar-refractivity contribution in [3.8, 4) is 5.75 Å². The molecule has 0 aliphatic carbocycles. The highest BCUT2D eigenvalue weighted by Crippen LogP contribution is 2.68. The van der Waals surface area contributed by atoms with Crippen molar-refractivity contribution in [3.05, 3.63) is 49.6 Å². The van der Waals surface area contributed by atoms with Crippen LogP contribution in [0.3, 0.4) is 0 Å². The van der Waals surface area contributed by atoms with Crippen LogP contribution in [0.4, 0.5) is 5.69 Å². The Balaban J connectivity index is 1.84. The van der Waals surface area contributed by atoms with E-state index in [9.17, 15) is 19.5 Å². The quantitative estimate of drug-likeness (QED) is 0.302. The molecule has 0 radical (unpaired) electrons. The second kappa shape index (κ2) is 11.7. The minimum absolute atomic E-state index is 0.0339. The molecule has 1 aromatic rings. The van der Waals surface area contributed by atoms with E-state index in [0.717, 1.165) is 0 Å². The standard InChI is InChI=1S/C29H38BrN3O5S/c1-7-13-31(5)26(35)22-23-27(36)33(21(16-34)17(3)4)25(29(23)15-20(30)24(22)39-29)28(37)32(14-8-2)18-9-11-19(38-6)12-10-18/h7-12,17,20-25,34H,1-2,13-16H2,3-6H3/t20?,21-,22+,23-,24+,25?,29?/m0/s1. The van der Waals surface area contributed by atoms with Crippen molar-refractivity contribution in [2.24, 2.45) is 17.8 Å². The Kier molecular flexibility index (Phi) is 8.88. The number of ether oxygens (including phenoxy) is 1. The zero-order valence-electron chi connectivity index (χ0n) is 23.0. The third-order valence-electron chi connectivity index (χ3n) is 8.30. The fraction of sp³-hybridized carbons (Fsp3) is 0.552. The fourth-order valence-corrected chi connectivity index (χ4v) is 10.1. The number of carbonyl (C=O) groups excluding carboxylic acids is 3. The van der Waals surface area contributed by atoms with Crippen LogP contribution in [-0.2, 0) is 14.4 Å². The number of carbonyl (C=O) groups is 3. The van der Waals surface area contributed by atoms with Crippen LogP contribution in [0.2, 0.25) is 0 Å². The number of halogens is 1. The van der Waals surface area contributed by atoms with Gasteiger partial charge in [0.25, 0.3) is 5.91 Å². The van der Waals surface area contributed by atoms with Crippen molar-refractivity contribution in [2.75, 3.05) is 38.8 Å². The molecule has 3 amide bonds. The third kappa shape index (κ3) is 4.82. The molecule has 1 N–H and O–H groups in total. The molecule has 3 aliphatic heterocycles. The molecule has 3 fully saturated rings. The number of likely N-dealkylation sites (tertiary alicyclic amines) is 1. The molecule has 0 aromatic heterocycles. The van der Waals surface area contributed by atoms with Gasteiger partial charge in [0, 0.05) is 35.9 Å². The van der Waals surface area contributed by atoms with Gasteiger partial charge in [-0.2, -0.15) is 0 Å². The van der Waals surface area contributed by atoms with Crippen molar-refractivity contribution < 1.29 is 24.2 Å². The summed E-state index contributed by atoms with van der Waals surface area (Å²) in [4.78, 5) is 47.6. The zero-order valence-corrected chi connectivity index (χ0v) is 25.4. The SMILES string of the molecule is C=CCN(C)C(=O)[C@H]1[C@@H]2SC3(CC2Br)C(C(=O)N(CC=C)c2ccc(OC)cc2)N([C@@H](CO)C(C)C)C(=O)[C@H]13. The molecule has 3 aliphatic rings. The Morgan fingerprint density at radius 2 is 1.87 bits per heavy atom. The minimum Gasteiger partial charge on any atom is -0.497 e. The van der Waals surface area contributed by atoms with E-state index in [1.54, 1.807) is 64.9 Å². The van der Waals surface area contributed by atoms with Crippen LogP contribution >= 0.6 is 27.7 Å². The van der Waals surface area contributed by atoms with Gasteiger partial charge in [-0.05, 0) is 36.6 Å². The van der Waals surface area contributed by atoms with Gasteiger partial charge in [-0.1, -0.05) is 41.9 Å². The van der Waals surface area contributed by atoms with Crippen molar-refractivity contribution in [3.63, 3.8) is 0 Å². The second-order valence-electron chi connectivity index (χ2n) is 10.8. The summed E-state index contributed by atoms with van der Waals surface area (Å²) in [6, 6.07) is 5.78. The zero-order chi connectivity index (χ0) is 28.6. The van der Waals surface area contributed by atoms with Gasteiger partial charge in [-0.25, -0.2) is 0 Å². The fourth-order valence-electron chi connectivity index (χ4n) is 6.51. The van der Waals surface area contributed by atoms with Gasteiger partial charge in [-0.15, -0.1) is 24.9 Å². The van der Waals surface area contributed by atoms with E-state index >= 15 is 0 Å². The summed E-state index contributed by atoms with van der Waals surface area (Å²) >= 11 is 5.40. The molecule has 1 spiro atoms. The highest BCUT2D eigenvalue weighted by molar-refractivity contribution is 9.09. The Hall–Kier alpha value is -2.30. The van der Waals surface area contributed by atoms with Gasteiger partial charge in [0.15, 0.2) is 0 Å². The van der Waals surface area contributed by atoms with Crippen LogP contribution in [0, 0.1) is 17.8 Å². The summed E-state index contributed by atoms with van der Waals surface area (Å²) in [6.45, 7) is 11.8. The lowest BCUT2D eigenvalue weighted by Gasteiger charge is -2.41. The second-order valence-corrected chi connectivity index (χ2v) is 13.6. The summed E-state index contributed by atoms with van der Waals surface area (Å²) in [5, 5.41) is 10.3. The Labute approximate surface area is 243 Å². The van der Waals surface area contributed by atoms with Gasteiger partial charge in [0.2, 0.25) is 11.8 Å². The van der Waals surface area contributed by atoms with Crippen LogP contribution in [0.25, 0.3) is 0 Å². The molecule has 7 atom stereocenters. The monoisotopic (exact) mass is 619 g/mol. The molecule has 4 rings (SSSR count). The molecule has 0 saturated carbocycles. The maximum Gasteiger partial charge on any atom is 0.251 e. The summed E-state index contributed by atoms with van der Waals surface area (Å²) < 4.78 is 4.49. The smallest absolute Gasteiger partial charge is 0.251 e. The number of thioether (sulfide) groups is 1. The van der Waals surface area contributed by atoms with Gasteiger partial charge in [0.1, 0.15) is 11.8 Å². The minimum atomic E-state index is -0.853. The van der Waals surface area contributed by atoms with E-state index in [-0.39, 0.29) is 46.9 Å². The van der Waals surface area contributed by atoms with Crippen LogP contribution in [0.15, 0.2) is 49.6 Å². The largest absolute Gasteiger partial charge is 0.497 e. The number of aliphatic hydroxyl groups is 1. The number of aliphatic hydroxyl groups excluding tert-OH is 1. The third-order valence-corrected chi connectivity index (χ3v) is 11.5. The highest BCUT2D eigenvalue weighted by atomic mass is 79.9. The molecule has 3 heterocycles. The average molecular weight is 621 g/mol. The van der Waals surface area contributed by atoms with E-state index in [0.29, 0.717) is 24.4 Å². The Morgan fingerprint density at radius 3 is 2.41 bits per heavy atom. The number of amides is 3. The van der Waals surface area contributed by atoms with Gasteiger partial charge >= 0.3 is 0 Å². The number of fused-ring (bicyclic) bond motifs is 1. The number of anilines is 1. The van der Waals surface area contributed by atoms with E-state index in [4.69, 9.17) is 4.74 Å². The van der Waals surface area contributed by atoms with Crippen LogP contribution in [0.1, 0.15) is 20.3 Å². The lowest BCUT2D eigenvalue weighted by atomic mass is 9.70. The molecular formula is C29H38BrN3O5S. The van der Waals surface area contributed by atoms with E-state index in [1.165, 1.54) is 0 Å². The summed E-state index contributed by atoms with van der Waals surface area (Å²) in [5.41, 5.74) is 0.657. The normalized spacial score (nSPS) is 29.8. The topological polar surface area (TPSA) is 90.4 Å². The molecule has 2 bridgehead atoms. The first kappa shape index (κ1) is 29.7. The average Bonchev–Trinajstić information content (AvgIpc) is 3.50. The number of alkyl halides is 1. The first-order valence-electron chi connectivity index (χ1n) is 13.2. The van der Waals surface area contributed by atoms with Gasteiger partial charge in [-0.3, -0.25) is 14.4 Å². The number of hydrogen-bond donors (Lipinski definition) is 1. The molecule has 39 heavy (non-hydrogen) atoms. The van der Waals surface area contributed by atoms with Gasteiger partial charge < -0.3 is 24.5 Å². The van der Waals surface area contributed by atoms with Crippen molar-refractivity contribution in [1.82, 2.24) is 9.80 Å². The lowest BCUT2D eigenvalue weighted by Crippen LogP contribution is -2.59. The number of methoxy groups -OCH3 is 1. The first-order chi connectivity index (χ1) is 18.6. The first-order valence-corrected chi connectivity index (χ1v) is 15.0. The maximum atomic E-state index is 14.7. The molecular weight excluding hydrogens is 582 g/mol. The lowest BCUT2D eigenvalue weighted by molar-refractivity contribution is -0.145. The van der Waals surface area contributed by atoms with Gasteiger partial charge in [0.05, 0.1) is 36.3 Å². The predicted octanol–water partition coefficient (Wildman–Crippen LogP) is 3.34. The number of hydrogen-bond acceptors (Lipinski definition) is 6. The number of rotatable bonds is 11. The molecule has 3 saturated heterocycles. The summed E-state index contributed by atoms with van der Waals surface area (Å²) in [5.74, 6) is -1.26. The molecule has 3 unspecified atom stereocenters. The van der Waals surface area contributed by atoms with E-state index < -0.39 is 28.7 Å². The predicted molar refractivity (Wildman–Crippen MR) is 158 cm³/mol. The van der Waals surface area contributed by atoms with Crippen LogP contribution < -0.4 is 9.64 Å². The van der Waals surface area contributed by atoms with E-state index in [1.807, 2.05) is 26.0 Å². The maximum absolute atomic E-state index is 14.7. The van der Waals surface area contributed by atoms with Crippen molar-refractivity contribution >= 4 is 51.1 Å². The van der Waals surface area contributed by atoms with Crippen LogP contribution in [0.5, 0.6) is 5.75 Å². The Morgan fingerprint density at radius 1 is 1.23 bits per heavy atom. The number of benzene rings is 1. The molecule has 10 heteroatoms. The van der Waals surface area contributed by atoms with Crippen molar-refractivity contribution in [2.45, 2.75) is 47.2 Å². The van der Waals surface area contributed by atoms with Crippen LogP contribution in [-0.4, -0.2) is 93.4 Å². The number of likely N-dealkylation sites (N-methyl/N-ethyl adjacent to an activating group) is 1. The van der Waals surface area contributed by atoms with Crippen molar-refractivity contribution in [1.29, 1.82) is 0 Å². The Bertz CT molecular complexity index is 1130. The summed E-state index contributed by atoms with van der Waals surface area (Å²) in [6.07, 6.45) is 3.90. The molecule has 212 valence electrons. The number of nitrogens with zero attached hydrogens (tertiary/aromatic N) is 3. The molecule has 1 aromatic carbocycles. The highest BCUT2D eigenvalue weighted by Gasteiger charge is 2.76. The van der Waals surface area contributed by atoms with E-state index in [2.05, 4.69) is 29.1 Å². The summed E-state index contributed by atoms with van der Waals surface area (Å²) in [7, 11) is 3.30. The molecule has 8 nitrogen and oxygen atoms in total.